The van der Waals surface area contributed by atoms with Crippen LogP contribution in [0.3, 0.4) is 0 Å². The average molecular weight is 469 g/mol. The second-order valence-electron chi connectivity index (χ2n) is 8.08. The average Bonchev–Trinajstić information content (AvgIpc) is 3.50. The normalized spacial score (nSPS) is 11.1. The van der Waals surface area contributed by atoms with E-state index in [2.05, 4.69) is 46.1 Å². The number of carbonyl (C=O) groups is 1. The Bertz CT molecular complexity index is 1410. The van der Waals surface area contributed by atoms with E-state index in [1.807, 2.05) is 42.6 Å². The fraction of sp³-hybridized carbons (Fsp3) is 0.148. The molecule has 3 aromatic heterocycles. The third-order valence-electron chi connectivity index (χ3n) is 5.53. The molecule has 5 aromatic rings. The molecule has 6 nitrogen and oxygen atoms in total. The highest BCUT2D eigenvalue weighted by atomic mass is 32.2. The summed E-state index contributed by atoms with van der Waals surface area (Å²) >= 11 is 1.68. The highest BCUT2D eigenvalue weighted by Crippen LogP contribution is 2.27. The Morgan fingerprint density at radius 1 is 1.06 bits per heavy atom. The largest absolute Gasteiger partial charge is 0.467 e. The molecule has 0 radical (unpaired) electrons. The molecule has 0 saturated heterocycles. The molecular formula is C27H24N4O2S. The van der Waals surface area contributed by atoms with Crippen LogP contribution < -0.4 is 5.32 Å². The lowest BCUT2D eigenvalue weighted by Gasteiger charge is -2.10. The van der Waals surface area contributed by atoms with Crippen LogP contribution in [0.5, 0.6) is 0 Å². The standard InChI is InChI=1S/C27H24N4O2S/c1-19-4-2-5-21(14-19)17-31-25-16-28-12-11-24(25)30-27(31)34-18-20-7-9-22(10-8-20)26(32)29-15-23-6-3-13-33-23/h2-14,16H,15,17-18H2,1H3,(H,29,32). The summed E-state index contributed by atoms with van der Waals surface area (Å²) in [7, 11) is 0. The van der Waals surface area contributed by atoms with Crippen molar-refractivity contribution in [1.82, 2.24) is 19.9 Å². The van der Waals surface area contributed by atoms with Crippen LogP contribution in [0.15, 0.2) is 95.0 Å². The molecular weight excluding hydrogens is 444 g/mol. The summed E-state index contributed by atoms with van der Waals surface area (Å²) in [5, 5.41) is 3.82. The van der Waals surface area contributed by atoms with Crippen LogP contribution in [-0.2, 0) is 18.8 Å². The Labute approximate surface area is 202 Å². The maximum Gasteiger partial charge on any atom is 0.251 e. The van der Waals surface area contributed by atoms with E-state index in [0.29, 0.717) is 12.1 Å². The molecule has 0 aliphatic heterocycles. The monoisotopic (exact) mass is 468 g/mol. The van der Waals surface area contributed by atoms with Gasteiger partial charge in [-0.15, -0.1) is 0 Å². The van der Waals surface area contributed by atoms with Crippen molar-refractivity contribution < 1.29 is 9.21 Å². The molecule has 1 amide bonds. The van der Waals surface area contributed by atoms with Crippen LogP contribution in [-0.4, -0.2) is 20.4 Å². The van der Waals surface area contributed by atoms with Crippen LogP contribution in [0.1, 0.15) is 32.8 Å². The van der Waals surface area contributed by atoms with Crippen molar-refractivity contribution in [2.24, 2.45) is 0 Å². The Morgan fingerprint density at radius 2 is 1.94 bits per heavy atom. The molecule has 0 bridgehead atoms. The highest BCUT2D eigenvalue weighted by Gasteiger charge is 2.13. The van der Waals surface area contributed by atoms with E-state index in [0.717, 1.165) is 39.8 Å². The van der Waals surface area contributed by atoms with Crippen LogP contribution >= 0.6 is 11.8 Å². The van der Waals surface area contributed by atoms with Gasteiger partial charge in [-0.3, -0.25) is 9.78 Å². The molecule has 2 aromatic carbocycles. The van der Waals surface area contributed by atoms with Crippen molar-refractivity contribution in [2.45, 2.75) is 30.9 Å². The first-order valence-electron chi connectivity index (χ1n) is 11.0. The Kier molecular flexibility index (Phi) is 6.44. The van der Waals surface area contributed by atoms with Crippen molar-refractivity contribution in [3.8, 4) is 0 Å². The summed E-state index contributed by atoms with van der Waals surface area (Å²) < 4.78 is 7.48. The summed E-state index contributed by atoms with van der Waals surface area (Å²) in [5.41, 5.74) is 6.18. The minimum Gasteiger partial charge on any atom is -0.467 e. The van der Waals surface area contributed by atoms with Gasteiger partial charge in [0.15, 0.2) is 5.16 Å². The number of nitrogens with one attached hydrogen (secondary N) is 1. The van der Waals surface area contributed by atoms with Gasteiger partial charge in [0, 0.05) is 17.5 Å². The van der Waals surface area contributed by atoms with E-state index < -0.39 is 0 Å². The number of pyridine rings is 1. The number of benzene rings is 2. The quantitative estimate of drug-likeness (QED) is 0.300. The molecule has 7 heteroatoms. The van der Waals surface area contributed by atoms with Gasteiger partial charge in [0.05, 0.1) is 36.6 Å². The predicted molar refractivity (Wildman–Crippen MR) is 134 cm³/mol. The molecule has 0 aliphatic carbocycles. The number of hydrogen-bond acceptors (Lipinski definition) is 5. The van der Waals surface area contributed by atoms with Crippen LogP contribution in [0, 0.1) is 6.92 Å². The zero-order chi connectivity index (χ0) is 23.3. The number of nitrogens with zero attached hydrogens (tertiary/aromatic N) is 3. The van der Waals surface area contributed by atoms with Crippen LogP contribution in [0.4, 0.5) is 0 Å². The smallest absolute Gasteiger partial charge is 0.251 e. The number of aryl methyl sites for hydroxylation is 1. The summed E-state index contributed by atoms with van der Waals surface area (Å²) in [4.78, 5) is 21.6. The van der Waals surface area contributed by atoms with Gasteiger partial charge in [0.1, 0.15) is 5.76 Å². The van der Waals surface area contributed by atoms with Gasteiger partial charge in [-0.25, -0.2) is 4.98 Å². The lowest BCUT2D eigenvalue weighted by molar-refractivity contribution is 0.0948. The molecule has 5 rings (SSSR count). The van der Waals surface area contributed by atoms with E-state index in [9.17, 15) is 4.79 Å². The van der Waals surface area contributed by atoms with E-state index in [1.54, 1.807) is 30.3 Å². The molecule has 0 fully saturated rings. The third-order valence-corrected chi connectivity index (χ3v) is 6.57. The van der Waals surface area contributed by atoms with Crippen molar-refractivity contribution in [1.29, 1.82) is 0 Å². The second kappa shape index (κ2) is 9.97. The zero-order valence-electron chi connectivity index (χ0n) is 18.8. The summed E-state index contributed by atoms with van der Waals surface area (Å²) in [5.74, 6) is 1.35. The summed E-state index contributed by atoms with van der Waals surface area (Å²) in [6.07, 6.45) is 5.24. The Hall–Kier alpha value is -3.84. The fourth-order valence-electron chi connectivity index (χ4n) is 3.79. The number of amides is 1. The van der Waals surface area contributed by atoms with Gasteiger partial charge < -0.3 is 14.3 Å². The van der Waals surface area contributed by atoms with Gasteiger partial charge in [0.2, 0.25) is 0 Å². The van der Waals surface area contributed by atoms with Gasteiger partial charge in [-0.2, -0.15) is 0 Å². The van der Waals surface area contributed by atoms with Gasteiger partial charge in [0.25, 0.3) is 5.91 Å². The number of fused-ring (bicyclic) bond motifs is 1. The number of hydrogen-bond donors (Lipinski definition) is 1. The number of carbonyl (C=O) groups excluding carboxylic acids is 1. The third kappa shape index (κ3) is 5.05. The van der Waals surface area contributed by atoms with Crippen molar-refractivity contribution in [3.05, 3.63) is 113 Å². The molecule has 0 saturated carbocycles. The van der Waals surface area contributed by atoms with E-state index in [-0.39, 0.29) is 5.91 Å². The molecule has 0 spiro atoms. The van der Waals surface area contributed by atoms with Gasteiger partial charge in [-0.1, -0.05) is 53.7 Å². The number of imidazole rings is 1. The molecule has 34 heavy (non-hydrogen) atoms. The number of thioether (sulfide) groups is 1. The Balaban J connectivity index is 1.28. The number of rotatable bonds is 8. The Morgan fingerprint density at radius 3 is 2.74 bits per heavy atom. The SMILES string of the molecule is Cc1cccc(Cn2c(SCc3ccc(C(=O)NCc4ccco4)cc3)nc3ccncc32)c1. The maximum atomic E-state index is 12.4. The lowest BCUT2D eigenvalue weighted by atomic mass is 10.1. The minimum atomic E-state index is -0.122. The maximum absolute atomic E-state index is 12.4. The lowest BCUT2D eigenvalue weighted by Crippen LogP contribution is -2.22. The summed E-state index contributed by atoms with van der Waals surface area (Å²) in [6.45, 7) is 3.21. The minimum absolute atomic E-state index is 0.122. The first-order chi connectivity index (χ1) is 16.7. The molecule has 3 heterocycles. The summed E-state index contributed by atoms with van der Waals surface area (Å²) in [6, 6.07) is 21.8. The zero-order valence-corrected chi connectivity index (χ0v) is 19.6. The van der Waals surface area contributed by atoms with E-state index in [1.165, 1.54) is 11.1 Å². The van der Waals surface area contributed by atoms with E-state index in [4.69, 9.17) is 9.40 Å². The topological polar surface area (TPSA) is 73.0 Å². The van der Waals surface area contributed by atoms with Crippen LogP contribution in [0.25, 0.3) is 11.0 Å². The van der Waals surface area contributed by atoms with Gasteiger partial charge in [-0.05, 0) is 48.4 Å². The van der Waals surface area contributed by atoms with Crippen molar-refractivity contribution in [2.75, 3.05) is 0 Å². The molecule has 1 N–H and O–H groups in total. The van der Waals surface area contributed by atoms with Crippen molar-refractivity contribution in [3.63, 3.8) is 0 Å². The molecule has 0 aliphatic rings. The van der Waals surface area contributed by atoms with E-state index >= 15 is 0 Å². The van der Waals surface area contributed by atoms with Crippen molar-refractivity contribution >= 4 is 28.7 Å². The number of furan rings is 1. The first kappa shape index (κ1) is 22.0. The highest BCUT2D eigenvalue weighted by molar-refractivity contribution is 7.98. The first-order valence-corrected chi connectivity index (χ1v) is 12.0. The number of aromatic nitrogens is 3. The predicted octanol–water partition coefficient (Wildman–Crippen LogP) is 5.60. The molecule has 170 valence electrons. The molecule has 0 atom stereocenters. The van der Waals surface area contributed by atoms with Crippen LogP contribution in [0.2, 0.25) is 0 Å². The van der Waals surface area contributed by atoms with Gasteiger partial charge >= 0.3 is 0 Å². The molecule has 0 unspecified atom stereocenters. The second-order valence-corrected chi connectivity index (χ2v) is 9.02. The fourth-order valence-corrected chi connectivity index (χ4v) is 4.76.